The van der Waals surface area contributed by atoms with Gasteiger partial charge in [-0.25, -0.2) is 0 Å². The Balaban J connectivity index is 2.04. The van der Waals surface area contributed by atoms with Crippen molar-refractivity contribution in [1.82, 2.24) is 14.8 Å². The molecule has 1 aromatic rings. The molecule has 0 saturated carbocycles. The molecule has 1 rings (SSSR count). The van der Waals surface area contributed by atoms with Crippen LogP contribution in [0.2, 0.25) is 0 Å². The lowest BCUT2D eigenvalue weighted by atomic mass is 10.2. The van der Waals surface area contributed by atoms with Gasteiger partial charge in [-0.3, -0.25) is 0 Å². The second-order valence-corrected chi connectivity index (χ2v) is 2.48. The fourth-order valence-corrected chi connectivity index (χ4v) is 0.921. The van der Waals surface area contributed by atoms with E-state index >= 15 is 0 Å². The largest absolute Gasteiger partial charge is 0.396 e. The minimum atomic E-state index is 0.294. The molecule has 0 saturated heterocycles. The molecule has 1 aromatic heterocycles. The number of aryl methyl sites for hydroxylation is 1. The first-order chi connectivity index (χ1) is 5.43. The molecule has 0 aliphatic rings. The number of aromatic nitrogens is 3. The number of aliphatic hydroxyl groups excluding tert-OH is 1. The summed E-state index contributed by atoms with van der Waals surface area (Å²) in [6.45, 7) is 1.25. The van der Waals surface area contributed by atoms with Crippen LogP contribution in [0.3, 0.4) is 0 Å². The highest BCUT2D eigenvalue weighted by molar-refractivity contribution is 4.59. The van der Waals surface area contributed by atoms with Crippen molar-refractivity contribution in [2.45, 2.75) is 25.8 Å². The number of aliphatic hydroxyl groups is 1. The van der Waals surface area contributed by atoms with Gasteiger partial charge in [0.1, 0.15) is 12.7 Å². The van der Waals surface area contributed by atoms with Crippen LogP contribution in [0.1, 0.15) is 19.3 Å². The van der Waals surface area contributed by atoms with Crippen LogP contribution in [0.5, 0.6) is 0 Å². The number of hydrogen-bond donors (Lipinski definition) is 1. The molecule has 0 atom stereocenters. The molecule has 62 valence electrons. The van der Waals surface area contributed by atoms with E-state index < -0.39 is 0 Å². The van der Waals surface area contributed by atoms with Crippen LogP contribution in [-0.4, -0.2) is 26.5 Å². The Kier molecular flexibility index (Phi) is 3.61. The standard InChI is InChI=1S/C7H13N3O/c11-5-3-1-2-4-10-6-8-9-7-10/h6-7,11H,1-5H2. The molecule has 1 N–H and O–H groups in total. The molecular weight excluding hydrogens is 142 g/mol. The fourth-order valence-electron chi connectivity index (χ4n) is 0.921. The van der Waals surface area contributed by atoms with E-state index in [1.54, 1.807) is 12.7 Å². The minimum Gasteiger partial charge on any atom is -0.396 e. The first-order valence-corrected chi connectivity index (χ1v) is 3.87. The van der Waals surface area contributed by atoms with Gasteiger partial charge in [0.25, 0.3) is 0 Å². The smallest absolute Gasteiger partial charge is 0.119 e. The summed E-state index contributed by atoms with van der Waals surface area (Å²) in [5.74, 6) is 0. The zero-order chi connectivity index (χ0) is 7.94. The molecule has 0 fully saturated rings. The van der Waals surface area contributed by atoms with Crippen LogP contribution < -0.4 is 0 Å². The summed E-state index contributed by atoms with van der Waals surface area (Å²) in [7, 11) is 0. The molecule has 1 heterocycles. The van der Waals surface area contributed by atoms with E-state index in [0.717, 1.165) is 25.8 Å². The maximum atomic E-state index is 8.49. The Morgan fingerprint density at radius 3 is 2.45 bits per heavy atom. The van der Waals surface area contributed by atoms with Gasteiger partial charge in [0.15, 0.2) is 0 Å². The fraction of sp³-hybridized carbons (Fsp3) is 0.714. The predicted octanol–water partition coefficient (Wildman–Crippen LogP) is 0.441. The maximum Gasteiger partial charge on any atom is 0.119 e. The Morgan fingerprint density at radius 1 is 1.09 bits per heavy atom. The third-order valence-corrected chi connectivity index (χ3v) is 1.54. The monoisotopic (exact) mass is 155 g/mol. The van der Waals surface area contributed by atoms with Gasteiger partial charge in [0.2, 0.25) is 0 Å². The van der Waals surface area contributed by atoms with Crippen molar-refractivity contribution >= 4 is 0 Å². The third kappa shape index (κ3) is 3.13. The maximum absolute atomic E-state index is 8.49. The van der Waals surface area contributed by atoms with Crippen molar-refractivity contribution in [3.8, 4) is 0 Å². The molecule has 0 unspecified atom stereocenters. The Morgan fingerprint density at radius 2 is 1.82 bits per heavy atom. The first-order valence-electron chi connectivity index (χ1n) is 3.87. The highest BCUT2D eigenvalue weighted by Crippen LogP contribution is 1.96. The number of unbranched alkanes of at least 4 members (excludes halogenated alkanes) is 2. The second kappa shape index (κ2) is 4.85. The van der Waals surface area contributed by atoms with Gasteiger partial charge in [0.05, 0.1) is 0 Å². The topological polar surface area (TPSA) is 50.9 Å². The van der Waals surface area contributed by atoms with Crippen LogP contribution in [0, 0.1) is 0 Å². The van der Waals surface area contributed by atoms with Gasteiger partial charge in [-0.05, 0) is 19.3 Å². The lowest BCUT2D eigenvalue weighted by molar-refractivity contribution is 0.282. The molecule has 4 heteroatoms. The van der Waals surface area contributed by atoms with Gasteiger partial charge in [-0.15, -0.1) is 10.2 Å². The summed E-state index contributed by atoms with van der Waals surface area (Å²) < 4.78 is 1.94. The van der Waals surface area contributed by atoms with E-state index in [0.29, 0.717) is 6.61 Å². The van der Waals surface area contributed by atoms with E-state index in [9.17, 15) is 0 Å². The lowest BCUT2D eigenvalue weighted by Crippen LogP contribution is -1.94. The molecule has 0 radical (unpaired) electrons. The van der Waals surface area contributed by atoms with Gasteiger partial charge in [-0.2, -0.15) is 0 Å². The summed E-state index contributed by atoms with van der Waals surface area (Å²) in [5, 5.41) is 15.9. The van der Waals surface area contributed by atoms with Crippen molar-refractivity contribution in [2.24, 2.45) is 0 Å². The molecule has 0 aromatic carbocycles. The highest BCUT2D eigenvalue weighted by Gasteiger charge is 1.90. The van der Waals surface area contributed by atoms with Crippen molar-refractivity contribution in [1.29, 1.82) is 0 Å². The van der Waals surface area contributed by atoms with Crippen molar-refractivity contribution in [3.05, 3.63) is 12.7 Å². The Labute approximate surface area is 65.9 Å². The van der Waals surface area contributed by atoms with Crippen LogP contribution in [-0.2, 0) is 6.54 Å². The summed E-state index contributed by atoms with van der Waals surface area (Å²) in [6.07, 6.45) is 6.45. The Hall–Kier alpha value is -0.900. The van der Waals surface area contributed by atoms with E-state index in [4.69, 9.17) is 5.11 Å². The SMILES string of the molecule is OCCCCCn1cnnc1. The zero-order valence-corrected chi connectivity index (χ0v) is 6.48. The number of rotatable bonds is 5. The minimum absolute atomic E-state index is 0.294. The summed E-state index contributed by atoms with van der Waals surface area (Å²) in [4.78, 5) is 0. The predicted molar refractivity (Wildman–Crippen MR) is 41.0 cm³/mol. The normalized spacial score (nSPS) is 10.3. The number of nitrogens with zero attached hydrogens (tertiary/aromatic N) is 3. The summed E-state index contributed by atoms with van der Waals surface area (Å²) >= 11 is 0. The molecule has 0 bridgehead atoms. The summed E-state index contributed by atoms with van der Waals surface area (Å²) in [5.41, 5.74) is 0. The average molecular weight is 155 g/mol. The van der Waals surface area contributed by atoms with Crippen molar-refractivity contribution < 1.29 is 5.11 Å². The first kappa shape index (κ1) is 8.20. The molecule has 4 nitrogen and oxygen atoms in total. The Bertz CT molecular complexity index is 174. The van der Waals surface area contributed by atoms with E-state index in [2.05, 4.69) is 10.2 Å². The molecule has 0 spiro atoms. The van der Waals surface area contributed by atoms with Gasteiger partial charge in [0, 0.05) is 13.2 Å². The van der Waals surface area contributed by atoms with E-state index in [-0.39, 0.29) is 0 Å². The molecule has 0 amide bonds. The second-order valence-electron chi connectivity index (χ2n) is 2.48. The molecule has 0 aliphatic heterocycles. The summed E-state index contributed by atoms with van der Waals surface area (Å²) in [6, 6.07) is 0. The van der Waals surface area contributed by atoms with Gasteiger partial charge in [-0.1, -0.05) is 0 Å². The highest BCUT2D eigenvalue weighted by atomic mass is 16.2. The van der Waals surface area contributed by atoms with Crippen LogP contribution >= 0.6 is 0 Å². The van der Waals surface area contributed by atoms with Crippen LogP contribution in [0.15, 0.2) is 12.7 Å². The van der Waals surface area contributed by atoms with Gasteiger partial charge < -0.3 is 9.67 Å². The zero-order valence-electron chi connectivity index (χ0n) is 6.48. The third-order valence-electron chi connectivity index (χ3n) is 1.54. The van der Waals surface area contributed by atoms with Crippen molar-refractivity contribution in [2.75, 3.05) is 6.61 Å². The van der Waals surface area contributed by atoms with Crippen LogP contribution in [0.25, 0.3) is 0 Å². The molecule has 11 heavy (non-hydrogen) atoms. The number of hydrogen-bond acceptors (Lipinski definition) is 3. The van der Waals surface area contributed by atoms with Gasteiger partial charge >= 0.3 is 0 Å². The van der Waals surface area contributed by atoms with E-state index in [1.807, 2.05) is 4.57 Å². The molecule has 0 aliphatic carbocycles. The van der Waals surface area contributed by atoms with E-state index in [1.165, 1.54) is 0 Å². The lowest BCUT2D eigenvalue weighted by Gasteiger charge is -1.98. The average Bonchev–Trinajstić information content (AvgIpc) is 2.50. The quantitative estimate of drug-likeness (QED) is 0.628. The van der Waals surface area contributed by atoms with Crippen molar-refractivity contribution in [3.63, 3.8) is 0 Å². The van der Waals surface area contributed by atoms with Crippen LogP contribution in [0.4, 0.5) is 0 Å². The molecular formula is C7H13N3O.